The van der Waals surface area contributed by atoms with Crippen molar-refractivity contribution in [3.63, 3.8) is 0 Å². The largest absolute Gasteiger partial charge is 0.573 e. The lowest BCUT2D eigenvalue weighted by Crippen LogP contribution is -2.34. The average Bonchev–Trinajstić information content (AvgIpc) is 2.86. The van der Waals surface area contributed by atoms with Crippen LogP contribution in [0.5, 0.6) is 11.5 Å². The number of benzene rings is 2. The third-order valence-corrected chi connectivity index (χ3v) is 6.14. The Labute approximate surface area is 222 Å². The maximum absolute atomic E-state index is 12.5. The average molecular weight is 557 g/mol. The summed E-state index contributed by atoms with van der Waals surface area (Å²) >= 11 is 6.29. The van der Waals surface area contributed by atoms with Crippen molar-refractivity contribution < 1.29 is 41.8 Å². The molecule has 0 radical (unpaired) electrons. The zero-order valence-electron chi connectivity index (χ0n) is 20.6. The van der Waals surface area contributed by atoms with E-state index < -0.39 is 23.9 Å². The Morgan fingerprint density at radius 3 is 2.11 bits per heavy atom. The van der Waals surface area contributed by atoms with E-state index in [-0.39, 0.29) is 47.2 Å². The fraction of sp³-hybridized carbons (Fsp3) is 0.423. The summed E-state index contributed by atoms with van der Waals surface area (Å²) in [6.45, 7) is 2.32. The first-order valence-electron chi connectivity index (χ1n) is 12.1. The number of amides is 2. The normalized spacial score (nSPS) is 17.3. The number of nitrogens with one attached hydrogen (secondary N) is 2. The molecule has 8 nitrogen and oxygen atoms in total. The van der Waals surface area contributed by atoms with Crippen LogP contribution < -0.4 is 20.1 Å². The molecular formula is C26H28ClF3N2O6. The molecule has 2 aromatic carbocycles. The summed E-state index contributed by atoms with van der Waals surface area (Å²) in [6.07, 6.45) is -2.09. The Hall–Kier alpha value is -3.47. The van der Waals surface area contributed by atoms with Crippen molar-refractivity contribution in [2.75, 3.05) is 19.7 Å². The van der Waals surface area contributed by atoms with E-state index >= 15 is 0 Å². The molecule has 1 saturated carbocycles. The second-order valence-electron chi connectivity index (χ2n) is 8.57. The number of halogens is 4. The number of ether oxygens (including phenoxy) is 3. The lowest BCUT2D eigenvalue weighted by atomic mass is 9.87. The van der Waals surface area contributed by atoms with Crippen LogP contribution in [0.4, 0.5) is 13.2 Å². The van der Waals surface area contributed by atoms with Gasteiger partial charge in [-0.1, -0.05) is 11.6 Å². The van der Waals surface area contributed by atoms with E-state index in [1.807, 2.05) is 0 Å². The van der Waals surface area contributed by atoms with Crippen LogP contribution in [0, 0.1) is 5.92 Å². The van der Waals surface area contributed by atoms with Gasteiger partial charge in [0.1, 0.15) is 11.5 Å². The number of hydrogen-bond donors (Lipinski definition) is 2. The molecule has 0 bridgehead atoms. The summed E-state index contributed by atoms with van der Waals surface area (Å²) < 4.78 is 51.5. The van der Waals surface area contributed by atoms with Crippen molar-refractivity contribution in [3.05, 3.63) is 58.6 Å². The van der Waals surface area contributed by atoms with Crippen LogP contribution in [0.15, 0.2) is 42.5 Å². The van der Waals surface area contributed by atoms with Gasteiger partial charge in [-0.3, -0.25) is 14.4 Å². The lowest BCUT2D eigenvalue weighted by Gasteiger charge is -2.27. The number of esters is 1. The molecule has 12 heteroatoms. The van der Waals surface area contributed by atoms with E-state index in [0.717, 1.165) is 12.1 Å². The first-order valence-corrected chi connectivity index (χ1v) is 12.5. The van der Waals surface area contributed by atoms with E-state index in [4.69, 9.17) is 21.1 Å². The molecule has 0 heterocycles. The SMILES string of the molecule is CCOC(=O)C1CCC(Oc2ccc(C(=O)NCCNC(=O)c3ccc(OC(F)(F)F)cc3)c(Cl)c2)CC1. The molecule has 206 valence electrons. The standard InChI is InChI=1S/C26H28ClF3N2O6/c1-2-36-25(35)17-5-7-18(8-6-17)37-20-11-12-21(22(27)15-20)24(34)32-14-13-31-23(33)16-3-9-19(10-4-16)38-26(28,29)30/h3-4,9-12,15,17-18H,2,5-8,13-14H2,1H3,(H,31,33)(H,32,34). The number of carbonyl (C=O) groups is 3. The fourth-order valence-corrected chi connectivity index (χ4v) is 4.24. The molecule has 0 atom stereocenters. The van der Waals surface area contributed by atoms with Gasteiger partial charge in [-0.05, 0) is 75.1 Å². The highest BCUT2D eigenvalue weighted by Crippen LogP contribution is 2.30. The maximum atomic E-state index is 12.5. The Kier molecular flexibility index (Phi) is 10.2. The smallest absolute Gasteiger partial charge is 0.490 e. The van der Waals surface area contributed by atoms with Crippen molar-refractivity contribution in [1.29, 1.82) is 0 Å². The van der Waals surface area contributed by atoms with Crippen molar-refractivity contribution >= 4 is 29.4 Å². The van der Waals surface area contributed by atoms with Gasteiger partial charge in [0.15, 0.2) is 0 Å². The van der Waals surface area contributed by atoms with Crippen molar-refractivity contribution in [3.8, 4) is 11.5 Å². The van der Waals surface area contributed by atoms with Crippen LogP contribution in [-0.4, -0.2) is 49.9 Å². The number of rotatable bonds is 10. The molecule has 2 N–H and O–H groups in total. The summed E-state index contributed by atoms with van der Waals surface area (Å²) in [5, 5.41) is 5.40. The Morgan fingerprint density at radius 1 is 0.921 bits per heavy atom. The first kappa shape index (κ1) is 29.1. The molecule has 2 amide bonds. The molecule has 0 spiro atoms. The summed E-state index contributed by atoms with van der Waals surface area (Å²) in [7, 11) is 0. The highest BCUT2D eigenvalue weighted by Gasteiger charge is 2.31. The maximum Gasteiger partial charge on any atom is 0.573 e. The molecule has 2 aromatic rings. The molecule has 3 rings (SSSR count). The zero-order valence-corrected chi connectivity index (χ0v) is 21.4. The Morgan fingerprint density at radius 2 is 1.53 bits per heavy atom. The van der Waals surface area contributed by atoms with Gasteiger partial charge in [0.05, 0.1) is 29.2 Å². The van der Waals surface area contributed by atoms with E-state index in [0.29, 0.717) is 38.0 Å². The second-order valence-corrected chi connectivity index (χ2v) is 8.98. The Bertz CT molecular complexity index is 1120. The van der Waals surface area contributed by atoms with E-state index in [1.165, 1.54) is 12.1 Å². The predicted molar refractivity (Wildman–Crippen MR) is 132 cm³/mol. The van der Waals surface area contributed by atoms with Crippen LogP contribution in [0.2, 0.25) is 5.02 Å². The van der Waals surface area contributed by atoms with Crippen LogP contribution in [0.25, 0.3) is 0 Å². The van der Waals surface area contributed by atoms with Crippen molar-refractivity contribution in [2.24, 2.45) is 5.92 Å². The second kappa shape index (κ2) is 13.4. The Balaban J connectivity index is 1.41. The fourth-order valence-electron chi connectivity index (χ4n) is 3.98. The number of hydrogen-bond acceptors (Lipinski definition) is 6. The molecule has 1 fully saturated rings. The molecular weight excluding hydrogens is 529 g/mol. The molecule has 38 heavy (non-hydrogen) atoms. The van der Waals surface area contributed by atoms with Crippen molar-refractivity contribution in [2.45, 2.75) is 45.1 Å². The quantitative estimate of drug-likeness (QED) is 0.319. The van der Waals surface area contributed by atoms with E-state index in [9.17, 15) is 27.6 Å². The van der Waals surface area contributed by atoms with Crippen LogP contribution in [0.3, 0.4) is 0 Å². The minimum Gasteiger partial charge on any atom is -0.490 e. The van der Waals surface area contributed by atoms with Gasteiger partial charge >= 0.3 is 12.3 Å². The van der Waals surface area contributed by atoms with Gasteiger partial charge in [0.25, 0.3) is 11.8 Å². The van der Waals surface area contributed by atoms with Gasteiger partial charge in [-0.15, -0.1) is 13.2 Å². The summed E-state index contributed by atoms with van der Waals surface area (Å²) in [5.41, 5.74) is 0.371. The number of alkyl halides is 3. The monoisotopic (exact) mass is 556 g/mol. The summed E-state index contributed by atoms with van der Waals surface area (Å²) in [5.74, 6) is -1.15. The van der Waals surface area contributed by atoms with Crippen LogP contribution in [-0.2, 0) is 9.53 Å². The third-order valence-electron chi connectivity index (χ3n) is 5.83. The highest BCUT2D eigenvalue weighted by atomic mass is 35.5. The minimum absolute atomic E-state index is 0.0617. The molecule has 0 saturated heterocycles. The van der Waals surface area contributed by atoms with Gasteiger partial charge in [-0.2, -0.15) is 0 Å². The minimum atomic E-state index is -4.82. The number of carbonyl (C=O) groups excluding carboxylic acids is 3. The summed E-state index contributed by atoms with van der Waals surface area (Å²) in [6, 6.07) is 9.21. The predicted octanol–water partition coefficient (Wildman–Crippen LogP) is 4.90. The van der Waals surface area contributed by atoms with Gasteiger partial charge in [0.2, 0.25) is 0 Å². The van der Waals surface area contributed by atoms with Gasteiger partial charge in [0, 0.05) is 18.7 Å². The van der Waals surface area contributed by atoms with E-state index in [2.05, 4.69) is 15.4 Å². The molecule has 0 aromatic heterocycles. The highest BCUT2D eigenvalue weighted by molar-refractivity contribution is 6.34. The van der Waals surface area contributed by atoms with Gasteiger partial charge < -0.3 is 24.8 Å². The third kappa shape index (κ3) is 8.83. The topological polar surface area (TPSA) is 103 Å². The van der Waals surface area contributed by atoms with Gasteiger partial charge in [-0.25, -0.2) is 0 Å². The molecule has 0 aliphatic heterocycles. The molecule has 1 aliphatic carbocycles. The zero-order chi connectivity index (χ0) is 27.7. The summed E-state index contributed by atoms with van der Waals surface area (Å²) in [4.78, 5) is 36.5. The lowest BCUT2D eigenvalue weighted by molar-refractivity contribution is -0.274. The van der Waals surface area contributed by atoms with Crippen LogP contribution >= 0.6 is 11.6 Å². The van der Waals surface area contributed by atoms with E-state index in [1.54, 1.807) is 25.1 Å². The first-order chi connectivity index (χ1) is 18.1. The van der Waals surface area contributed by atoms with Crippen LogP contribution in [0.1, 0.15) is 53.3 Å². The molecule has 1 aliphatic rings. The molecule has 0 unspecified atom stereocenters. The van der Waals surface area contributed by atoms with Crippen molar-refractivity contribution in [1.82, 2.24) is 10.6 Å².